The second-order valence-corrected chi connectivity index (χ2v) is 7.03. The van der Waals surface area contributed by atoms with Gasteiger partial charge in [0.1, 0.15) is 0 Å². The van der Waals surface area contributed by atoms with Crippen LogP contribution in [-0.2, 0) is 9.53 Å². The Hall–Kier alpha value is -3.33. The SMILES string of the molecule is COc1cc(C(=O)OCC(=O)Nc2ccc([N+](=O)[O-])cc2)cc(Cl)c1OCC(C)C. The second kappa shape index (κ2) is 10.4. The van der Waals surface area contributed by atoms with Gasteiger partial charge in [-0.25, -0.2) is 4.79 Å². The monoisotopic (exact) mass is 436 g/mol. The standard InChI is InChI=1S/C20H21ClN2O7/c1-12(2)10-29-19-16(21)8-13(9-17(19)28-3)20(25)30-11-18(24)22-14-4-6-15(7-5-14)23(26)27/h4-9,12H,10-11H2,1-3H3,(H,22,24). The molecule has 0 saturated heterocycles. The first-order chi connectivity index (χ1) is 14.2. The Labute approximate surface area is 178 Å². The minimum absolute atomic E-state index is 0.0943. The van der Waals surface area contributed by atoms with Crippen LogP contribution < -0.4 is 14.8 Å². The van der Waals surface area contributed by atoms with Crippen LogP contribution in [0.5, 0.6) is 11.5 Å². The maximum atomic E-state index is 12.3. The molecule has 30 heavy (non-hydrogen) atoms. The number of benzene rings is 2. The van der Waals surface area contributed by atoms with Crippen LogP contribution in [-0.4, -0.2) is 37.1 Å². The number of ether oxygens (including phenoxy) is 3. The lowest BCUT2D eigenvalue weighted by Gasteiger charge is -2.15. The highest BCUT2D eigenvalue weighted by molar-refractivity contribution is 6.32. The molecule has 10 heteroatoms. The Morgan fingerprint density at radius 2 is 1.87 bits per heavy atom. The molecule has 0 aliphatic heterocycles. The minimum atomic E-state index is -0.774. The lowest BCUT2D eigenvalue weighted by Crippen LogP contribution is -2.21. The van der Waals surface area contributed by atoms with Crippen LogP contribution in [0, 0.1) is 16.0 Å². The average molecular weight is 437 g/mol. The van der Waals surface area contributed by atoms with Crippen LogP contribution in [0.2, 0.25) is 5.02 Å². The van der Waals surface area contributed by atoms with Gasteiger partial charge >= 0.3 is 5.97 Å². The molecule has 0 unspecified atom stereocenters. The number of anilines is 1. The molecule has 0 fully saturated rings. The van der Waals surface area contributed by atoms with Gasteiger partial charge in [-0.3, -0.25) is 14.9 Å². The zero-order chi connectivity index (χ0) is 22.3. The molecule has 2 aromatic rings. The van der Waals surface area contributed by atoms with Crippen molar-refractivity contribution in [3.8, 4) is 11.5 Å². The largest absolute Gasteiger partial charge is 0.493 e. The Kier molecular flexibility index (Phi) is 7.99. The third-order valence-electron chi connectivity index (χ3n) is 3.72. The summed E-state index contributed by atoms with van der Waals surface area (Å²) in [6.07, 6.45) is 0. The molecule has 1 N–H and O–H groups in total. The lowest BCUT2D eigenvalue weighted by molar-refractivity contribution is -0.384. The first-order valence-corrected chi connectivity index (χ1v) is 9.30. The average Bonchev–Trinajstić information content (AvgIpc) is 2.70. The quantitative estimate of drug-likeness (QED) is 0.357. The first-order valence-electron chi connectivity index (χ1n) is 8.93. The molecule has 9 nitrogen and oxygen atoms in total. The second-order valence-electron chi connectivity index (χ2n) is 6.62. The molecule has 0 heterocycles. The van der Waals surface area contributed by atoms with E-state index in [1.165, 1.54) is 43.5 Å². The summed E-state index contributed by atoms with van der Waals surface area (Å²) in [6, 6.07) is 8.03. The number of esters is 1. The van der Waals surface area contributed by atoms with Crippen LogP contribution in [0.1, 0.15) is 24.2 Å². The number of amides is 1. The number of nitrogens with one attached hydrogen (secondary N) is 1. The Bertz CT molecular complexity index is 929. The Balaban J connectivity index is 1.98. The van der Waals surface area contributed by atoms with E-state index in [1.54, 1.807) is 0 Å². The fraction of sp³-hybridized carbons (Fsp3) is 0.300. The van der Waals surface area contributed by atoms with Crippen molar-refractivity contribution in [3.05, 3.63) is 57.1 Å². The summed E-state index contributed by atoms with van der Waals surface area (Å²) >= 11 is 6.21. The third kappa shape index (κ3) is 6.35. The maximum Gasteiger partial charge on any atom is 0.338 e. The molecule has 0 bridgehead atoms. The van der Waals surface area contributed by atoms with Crippen molar-refractivity contribution in [3.63, 3.8) is 0 Å². The number of carbonyl (C=O) groups excluding carboxylic acids is 2. The van der Waals surface area contributed by atoms with Crippen LogP contribution >= 0.6 is 11.6 Å². The van der Waals surface area contributed by atoms with E-state index in [-0.39, 0.29) is 27.9 Å². The molecule has 0 saturated carbocycles. The van der Waals surface area contributed by atoms with E-state index in [1.807, 2.05) is 13.8 Å². The molecule has 1 amide bonds. The van der Waals surface area contributed by atoms with E-state index >= 15 is 0 Å². The number of nitro groups is 1. The molecule has 0 atom stereocenters. The predicted octanol–water partition coefficient (Wildman–Crippen LogP) is 4.09. The number of non-ortho nitro benzene ring substituents is 1. The van der Waals surface area contributed by atoms with Crippen LogP contribution in [0.15, 0.2) is 36.4 Å². The molecule has 0 aliphatic rings. The number of hydrogen-bond donors (Lipinski definition) is 1. The summed E-state index contributed by atoms with van der Waals surface area (Å²) in [7, 11) is 1.42. The van der Waals surface area contributed by atoms with Gasteiger partial charge in [-0.15, -0.1) is 0 Å². The van der Waals surface area contributed by atoms with Crippen LogP contribution in [0.4, 0.5) is 11.4 Å². The molecule has 0 spiro atoms. The van der Waals surface area contributed by atoms with Crippen molar-refractivity contribution in [2.75, 3.05) is 25.6 Å². The van der Waals surface area contributed by atoms with Crippen molar-refractivity contribution < 1.29 is 28.7 Å². The van der Waals surface area contributed by atoms with Gasteiger partial charge < -0.3 is 19.5 Å². The summed E-state index contributed by atoms with van der Waals surface area (Å²) < 4.78 is 15.9. The zero-order valence-corrected chi connectivity index (χ0v) is 17.4. The van der Waals surface area contributed by atoms with E-state index in [0.717, 1.165) is 0 Å². The smallest absolute Gasteiger partial charge is 0.338 e. The van der Waals surface area contributed by atoms with Crippen LogP contribution in [0.3, 0.4) is 0 Å². The van der Waals surface area contributed by atoms with Crippen molar-refractivity contribution >= 4 is 34.9 Å². The fourth-order valence-corrected chi connectivity index (χ4v) is 2.57. The Morgan fingerprint density at radius 1 is 1.20 bits per heavy atom. The van der Waals surface area contributed by atoms with E-state index in [9.17, 15) is 19.7 Å². The summed E-state index contributed by atoms with van der Waals surface area (Å²) in [5.74, 6) is -0.521. The number of methoxy groups -OCH3 is 1. The number of nitro benzene ring substituents is 1. The lowest BCUT2D eigenvalue weighted by atomic mass is 10.2. The van der Waals surface area contributed by atoms with Crippen molar-refractivity contribution in [1.29, 1.82) is 0 Å². The summed E-state index contributed by atoms with van der Waals surface area (Å²) in [5.41, 5.74) is 0.320. The molecular weight excluding hydrogens is 416 g/mol. The van der Waals surface area contributed by atoms with E-state index in [0.29, 0.717) is 18.0 Å². The van der Waals surface area contributed by atoms with Gasteiger partial charge in [0.05, 0.1) is 29.2 Å². The van der Waals surface area contributed by atoms with Crippen molar-refractivity contribution in [1.82, 2.24) is 0 Å². The van der Waals surface area contributed by atoms with Gasteiger partial charge in [0.15, 0.2) is 18.1 Å². The summed E-state index contributed by atoms with van der Waals surface area (Å²) in [4.78, 5) is 34.3. The van der Waals surface area contributed by atoms with Gasteiger partial charge in [-0.1, -0.05) is 25.4 Å². The summed E-state index contributed by atoms with van der Waals surface area (Å²) in [6.45, 7) is 3.83. The van der Waals surface area contributed by atoms with Crippen molar-refractivity contribution in [2.45, 2.75) is 13.8 Å². The molecule has 160 valence electrons. The van der Waals surface area contributed by atoms with Gasteiger partial charge in [0, 0.05) is 17.8 Å². The molecule has 0 aliphatic carbocycles. The number of nitrogens with zero attached hydrogens (tertiary/aromatic N) is 1. The summed E-state index contributed by atoms with van der Waals surface area (Å²) in [5, 5.41) is 13.3. The number of carbonyl (C=O) groups is 2. The highest BCUT2D eigenvalue weighted by Crippen LogP contribution is 2.37. The van der Waals surface area contributed by atoms with Gasteiger partial charge in [-0.05, 0) is 30.2 Å². The van der Waals surface area contributed by atoms with Crippen LogP contribution in [0.25, 0.3) is 0 Å². The number of rotatable bonds is 9. The number of halogens is 1. The predicted molar refractivity (Wildman–Crippen MR) is 110 cm³/mol. The molecule has 0 aromatic heterocycles. The Morgan fingerprint density at radius 3 is 2.43 bits per heavy atom. The zero-order valence-electron chi connectivity index (χ0n) is 16.6. The van der Waals surface area contributed by atoms with E-state index in [4.69, 9.17) is 25.8 Å². The first kappa shape index (κ1) is 23.0. The fourth-order valence-electron chi connectivity index (χ4n) is 2.31. The van der Waals surface area contributed by atoms with E-state index < -0.39 is 23.4 Å². The minimum Gasteiger partial charge on any atom is -0.493 e. The van der Waals surface area contributed by atoms with E-state index in [2.05, 4.69) is 5.32 Å². The topological polar surface area (TPSA) is 117 Å². The maximum absolute atomic E-state index is 12.3. The molecule has 0 radical (unpaired) electrons. The third-order valence-corrected chi connectivity index (χ3v) is 4.00. The van der Waals surface area contributed by atoms with Gasteiger partial charge in [-0.2, -0.15) is 0 Å². The molecule has 2 aromatic carbocycles. The highest BCUT2D eigenvalue weighted by atomic mass is 35.5. The normalized spacial score (nSPS) is 10.4. The van der Waals surface area contributed by atoms with Gasteiger partial charge in [0.25, 0.3) is 11.6 Å². The van der Waals surface area contributed by atoms with Crippen molar-refractivity contribution in [2.24, 2.45) is 5.92 Å². The number of hydrogen-bond acceptors (Lipinski definition) is 7. The molecular formula is C20H21ClN2O7. The van der Waals surface area contributed by atoms with Gasteiger partial charge in [0.2, 0.25) is 0 Å². The molecule has 2 rings (SSSR count). The highest BCUT2D eigenvalue weighted by Gasteiger charge is 2.18.